The molecule has 0 bridgehead atoms. The maximum absolute atomic E-state index is 13.0. The van der Waals surface area contributed by atoms with Crippen LogP contribution < -0.4 is 16.4 Å². The van der Waals surface area contributed by atoms with Gasteiger partial charge in [-0.3, -0.25) is 29.4 Å². The lowest BCUT2D eigenvalue weighted by Gasteiger charge is -2.27. The van der Waals surface area contributed by atoms with Crippen LogP contribution in [0.15, 0.2) is 18.2 Å². The molecule has 2 aliphatic heterocycles. The van der Waals surface area contributed by atoms with E-state index >= 15 is 0 Å². The predicted molar refractivity (Wildman–Crippen MR) is 102 cm³/mol. The normalized spacial score (nSPS) is 20.6. The number of hydrogen-bond acceptors (Lipinski definition) is 6. The Morgan fingerprint density at radius 1 is 1.21 bits per heavy atom. The lowest BCUT2D eigenvalue weighted by Crippen LogP contribution is -2.54. The Labute approximate surface area is 163 Å². The zero-order chi connectivity index (χ0) is 20.4. The largest absolute Gasteiger partial charge is 0.329 e. The molecule has 0 aromatic heterocycles. The van der Waals surface area contributed by atoms with E-state index in [1.807, 2.05) is 0 Å². The van der Waals surface area contributed by atoms with E-state index in [9.17, 15) is 19.2 Å². The second-order valence-corrected chi connectivity index (χ2v) is 7.73. The molecule has 8 nitrogen and oxygen atoms in total. The van der Waals surface area contributed by atoms with Crippen molar-refractivity contribution in [3.8, 4) is 0 Å². The number of imide groups is 2. The average molecular weight is 386 g/mol. The molecule has 3 rings (SSSR count). The molecule has 8 heteroatoms. The minimum Gasteiger partial charge on any atom is -0.329 e. The molecule has 0 radical (unpaired) electrons. The van der Waals surface area contributed by atoms with Gasteiger partial charge in [0.15, 0.2) is 0 Å². The molecule has 4 N–H and O–H groups in total. The number of fused-ring (bicyclic) bond motifs is 1. The van der Waals surface area contributed by atoms with Crippen molar-refractivity contribution < 1.29 is 19.2 Å². The molecule has 1 unspecified atom stereocenters. The molecule has 0 aliphatic carbocycles. The van der Waals surface area contributed by atoms with Crippen molar-refractivity contribution in [3.63, 3.8) is 0 Å². The Morgan fingerprint density at radius 3 is 2.61 bits per heavy atom. The van der Waals surface area contributed by atoms with Crippen molar-refractivity contribution in [3.05, 3.63) is 34.9 Å². The van der Waals surface area contributed by atoms with Gasteiger partial charge in [0.05, 0.1) is 11.1 Å². The summed E-state index contributed by atoms with van der Waals surface area (Å²) < 4.78 is 0. The summed E-state index contributed by atoms with van der Waals surface area (Å²) in [7, 11) is 0. The Morgan fingerprint density at radius 2 is 1.96 bits per heavy atom. The van der Waals surface area contributed by atoms with Crippen LogP contribution in [0.4, 0.5) is 0 Å². The van der Waals surface area contributed by atoms with Crippen molar-refractivity contribution >= 4 is 23.6 Å². The highest BCUT2D eigenvalue weighted by molar-refractivity contribution is 6.24. The molecule has 2 heterocycles. The third-order valence-corrected chi connectivity index (χ3v) is 5.18. The minimum atomic E-state index is -0.955. The van der Waals surface area contributed by atoms with E-state index in [0.29, 0.717) is 35.7 Å². The van der Waals surface area contributed by atoms with E-state index in [0.717, 1.165) is 11.3 Å². The molecule has 1 aromatic rings. The van der Waals surface area contributed by atoms with Crippen molar-refractivity contribution in [2.45, 2.75) is 51.7 Å². The van der Waals surface area contributed by atoms with Gasteiger partial charge in [0.1, 0.15) is 6.04 Å². The molecule has 0 spiro atoms. The third-order valence-electron chi connectivity index (χ3n) is 5.18. The second-order valence-electron chi connectivity index (χ2n) is 7.73. The van der Waals surface area contributed by atoms with E-state index in [4.69, 9.17) is 5.73 Å². The topological polar surface area (TPSA) is 122 Å². The van der Waals surface area contributed by atoms with Gasteiger partial charge in [-0.1, -0.05) is 26.0 Å². The number of nitrogens with zero attached hydrogens (tertiary/aromatic N) is 1. The fourth-order valence-corrected chi connectivity index (χ4v) is 3.82. The minimum absolute atomic E-state index is 0.103. The van der Waals surface area contributed by atoms with Crippen molar-refractivity contribution in [2.75, 3.05) is 6.54 Å². The first-order chi connectivity index (χ1) is 13.3. The molecule has 4 amide bonds. The number of rotatable bonds is 7. The van der Waals surface area contributed by atoms with Gasteiger partial charge < -0.3 is 11.1 Å². The number of nitrogens with one attached hydrogen (secondary N) is 2. The Kier molecular flexibility index (Phi) is 5.90. The zero-order valence-corrected chi connectivity index (χ0v) is 16.2. The Hall–Kier alpha value is -2.58. The Balaban J connectivity index is 1.82. The van der Waals surface area contributed by atoms with Crippen LogP contribution in [0.3, 0.4) is 0 Å². The number of amides is 4. The monoisotopic (exact) mass is 386 g/mol. The summed E-state index contributed by atoms with van der Waals surface area (Å²) in [6, 6.07) is 4.28. The molecule has 0 saturated carbocycles. The van der Waals surface area contributed by atoms with Crippen molar-refractivity contribution in [1.29, 1.82) is 0 Å². The lowest BCUT2D eigenvalue weighted by atomic mass is 10.0. The molecule has 28 heavy (non-hydrogen) atoms. The van der Waals surface area contributed by atoms with Gasteiger partial charge in [-0.25, -0.2) is 0 Å². The van der Waals surface area contributed by atoms with Gasteiger partial charge in [0.2, 0.25) is 11.8 Å². The molecule has 1 fully saturated rings. The number of nitrogens with two attached hydrogens (primary N) is 1. The number of benzene rings is 1. The van der Waals surface area contributed by atoms with Crippen LogP contribution in [-0.4, -0.2) is 47.2 Å². The van der Waals surface area contributed by atoms with Crippen LogP contribution in [0, 0.1) is 5.92 Å². The van der Waals surface area contributed by atoms with Crippen LogP contribution in [0.1, 0.15) is 59.4 Å². The summed E-state index contributed by atoms with van der Waals surface area (Å²) in [5.41, 5.74) is 7.15. The smallest absolute Gasteiger partial charge is 0.262 e. The summed E-state index contributed by atoms with van der Waals surface area (Å²) in [5, 5.41) is 5.56. The van der Waals surface area contributed by atoms with Crippen LogP contribution >= 0.6 is 0 Å². The summed E-state index contributed by atoms with van der Waals surface area (Å²) in [4.78, 5) is 50.4. The lowest BCUT2D eigenvalue weighted by molar-refractivity contribution is -0.136. The summed E-state index contributed by atoms with van der Waals surface area (Å²) >= 11 is 0. The highest BCUT2D eigenvalue weighted by Gasteiger charge is 2.45. The maximum Gasteiger partial charge on any atom is 0.262 e. The van der Waals surface area contributed by atoms with Crippen LogP contribution in [0.5, 0.6) is 0 Å². The fourth-order valence-electron chi connectivity index (χ4n) is 3.82. The second kappa shape index (κ2) is 8.20. The molecule has 2 aliphatic rings. The average Bonchev–Trinajstić information content (AvgIpc) is 2.90. The number of carbonyl (C=O) groups is 4. The van der Waals surface area contributed by atoms with Gasteiger partial charge in [0, 0.05) is 25.6 Å². The number of hydrogen-bond donors (Lipinski definition) is 3. The highest BCUT2D eigenvalue weighted by atomic mass is 16.2. The third kappa shape index (κ3) is 3.83. The van der Waals surface area contributed by atoms with Crippen LogP contribution in [0.2, 0.25) is 0 Å². The zero-order valence-electron chi connectivity index (χ0n) is 16.2. The van der Waals surface area contributed by atoms with E-state index in [-0.39, 0.29) is 24.8 Å². The first kappa shape index (κ1) is 20.2. The summed E-state index contributed by atoms with van der Waals surface area (Å²) in [6.07, 6.45) is 1.15. The molecule has 1 aromatic carbocycles. The van der Waals surface area contributed by atoms with Crippen molar-refractivity contribution in [2.24, 2.45) is 11.7 Å². The summed E-state index contributed by atoms with van der Waals surface area (Å²) in [5.74, 6) is -1.49. The number of carbonyl (C=O) groups excluding carboxylic acids is 4. The molecule has 1 saturated heterocycles. The molecular weight excluding hydrogens is 360 g/mol. The van der Waals surface area contributed by atoms with Crippen molar-refractivity contribution in [1.82, 2.24) is 15.5 Å². The maximum atomic E-state index is 13.0. The highest BCUT2D eigenvalue weighted by Crippen LogP contribution is 2.30. The van der Waals surface area contributed by atoms with E-state index in [2.05, 4.69) is 24.5 Å². The molecule has 150 valence electrons. The van der Waals surface area contributed by atoms with E-state index in [1.54, 1.807) is 18.2 Å². The first-order valence-corrected chi connectivity index (χ1v) is 9.60. The molecular formula is C20H26N4O4. The number of piperidine rings is 1. The van der Waals surface area contributed by atoms with Gasteiger partial charge in [-0.15, -0.1) is 0 Å². The first-order valence-electron chi connectivity index (χ1n) is 9.60. The Bertz CT molecular complexity index is 820. The summed E-state index contributed by atoms with van der Waals surface area (Å²) in [6.45, 7) is 5.11. The van der Waals surface area contributed by atoms with Gasteiger partial charge in [-0.2, -0.15) is 0 Å². The van der Waals surface area contributed by atoms with E-state index < -0.39 is 23.8 Å². The molecule has 2 atom stereocenters. The quantitative estimate of drug-likeness (QED) is 0.589. The van der Waals surface area contributed by atoms with Gasteiger partial charge in [-0.05, 0) is 30.4 Å². The fraction of sp³-hybridized carbons (Fsp3) is 0.500. The van der Waals surface area contributed by atoms with E-state index in [1.165, 1.54) is 0 Å². The van der Waals surface area contributed by atoms with Gasteiger partial charge in [0.25, 0.3) is 11.8 Å². The standard InChI is InChI=1S/C20H26N4O4/c1-11(2)8-13(9-21)22-10-12-4-3-5-14-17(12)20(28)24(19(14)27)15-6-7-16(25)23-18(15)26/h3-5,11,13,15,22H,6-10,21H2,1-2H3,(H,23,25,26)/t13-,15?/m0/s1. The predicted octanol–water partition coefficient (Wildman–Crippen LogP) is 0.551. The van der Waals surface area contributed by atoms with Crippen LogP contribution in [-0.2, 0) is 16.1 Å². The van der Waals surface area contributed by atoms with Crippen LogP contribution in [0.25, 0.3) is 0 Å². The SMILES string of the molecule is CC(C)C[C@@H](CN)NCc1cccc2c1C(=O)N(C1CCC(=O)NC1=O)C2=O. The van der Waals surface area contributed by atoms with Gasteiger partial charge >= 0.3 is 0 Å².